The molecule has 1 heterocycles. The molecule has 5 heteroatoms. The van der Waals surface area contributed by atoms with E-state index in [4.69, 9.17) is 0 Å². The number of aryl methyl sites for hydroxylation is 1. The number of imide groups is 1. The van der Waals surface area contributed by atoms with E-state index < -0.39 is 17.3 Å². The van der Waals surface area contributed by atoms with Crippen LogP contribution in [0.2, 0.25) is 0 Å². The maximum atomic E-state index is 13.9. The quantitative estimate of drug-likeness (QED) is 0.408. The van der Waals surface area contributed by atoms with E-state index in [1.54, 1.807) is 6.07 Å². The minimum absolute atomic E-state index is 0.222. The topological polar surface area (TPSA) is 54.5 Å². The zero-order valence-corrected chi connectivity index (χ0v) is 18.3. The van der Waals surface area contributed by atoms with E-state index in [1.165, 1.54) is 4.90 Å². The van der Waals surface area contributed by atoms with Crippen molar-refractivity contribution < 1.29 is 14.4 Å². The van der Waals surface area contributed by atoms with Gasteiger partial charge in [0.05, 0.1) is 22.9 Å². The molecular formula is C26H18BrNO3. The molecule has 0 spiro atoms. The Morgan fingerprint density at radius 1 is 0.903 bits per heavy atom. The summed E-state index contributed by atoms with van der Waals surface area (Å²) >= 11 is 3.45. The van der Waals surface area contributed by atoms with E-state index >= 15 is 0 Å². The fourth-order valence-corrected chi connectivity index (χ4v) is 6.61. The van der Waals surface area contributed by atoms with E-state index in [0.29, 0.717) is 5.69 Å². The Bertz CT molecular complexity index is 1270. The predicted octanol–water partition coefficient (Wildman–Crippen LogP) is 4.51. The summed E-state index contributed by atoms with van der Waals surface area (Å²) in [5.74, 6) is -2.08. The summed E-state index contributed by atoms with van der Waals surface area (Å²) < 4.78 is 0.884. The highest BCUT2D eigenvalue weighted by Crippen LogP contribution is 2.63. The molecule has 1 aliphatic heterocycles. The average molecular weight is 472 g/mol. The van der Waals surface area contributed by atoms with Gasteiger partial charge in [0.1, 0.15) is 6.29 Å². The Labute approximate surface area is 188 Å². The van der Waals surface area contributed by atoms with Crippen LogP contribution in [0.3, 0.4) is 0 Å². The first-order valence-electron chi connectivity index (χ1n) is 10.3. The van der Waals surface area contributed by atoms with E-state index in [2.05, 4.69) is 15.9 Å². The highest BCUT2D eigenvalue weighted by molar-refractivity contribution is 9.10. The van der Waals surface area contributed by atoms with Crippen molar-refractivity contribution in [2.45, 2.75) is 18.3 Å². The van der Waals surface area contributed by atoms with Gasteiger partial charge in [0, 0.05) is 10.4 Å². The zero-order chi connectivity index (χ0) is 21.5. The average Bonchev–Trinajstić information content (AvgIpc) is 3.05. The summed E-state index contributed by atoms with van der Waals surface area (Å²) in [6.07, 6.45) is 0.904. The van der Waals surface area contributed by atoms with Crippen LogP contribution in [0.15, 0.2) is 71.2 Å². The lowest BCUT2D eigenvalue weighted by atomic mass is 9.48. The number of hydrogen-bond donors (Lipinski definition) is 0. The second-order valence-corrected chi connectivity index (χ2v) is 9.50. The number of aldehydes is 1. The van der Waals surface area contributed by atoms with E-state index in [0.717, 1.165) is 38.6 Å². The molecule has 0 radical (unpaired) electrons. The lowest BCUT2D eigenvalue weighted by Crippen LogP contribution is -2.54. The third kappa shape index (κ3) is 2.12. The maximum absolute atomic E-state index is 13.9. The molecule has 2 bridgehead atoms. The summed E-state index contributed by atoms with van der Waals surface area (Å²) in [6, 6.07) is 21.1. The maximum Gasteiger partial charge on any atom is 0.239 e. The number of rotatable bonds is 2. The fraction of sp³-hybridized carbons (Fsp3) is 0.192. The molecule has 0 saturated carbocycles. The molecule has 2 atom stereocenters. The van der Waals surface area contributed by atoms with Gasteiger partial charge in [-0.2, -0.15) is 0 Å². The summed E-state index contributed by atoms with van der Waals surface area (Å²) in [7, 11) is 0. The van der Waals surface area contributed by atoms with Crippen LogP contribution in [0.4, 0.5) is 5.69 Å². The predicted molar refractivity (Wildman–Crippen MR) is 120 cm³/mol. The monoisotopic (exact) mass is 471 g/mol. The Hall–Kier alpha value is -3.05. The van der Waals surface area contributed by atoms with Crippen LogP contribution in [0, 0.1) is 18.8 Å². The number of carbonyl (C=O) groups is 3. The number of halogens is 1. The highest BCUT2D eigenvalue weighted by atomic mass is 79.9. The summed E-state index contributed by atoms with van der Waals surface area (Å²) in [4.78, 5) is 42.0. The van der Waals surface area contributed by atoms with Gasteiger partial charge in [-0.25, -0.2) is 4.90 Å². The zero-order valence-electron chi connectivity index (χ0n) is 16.7. The van der Waals surface area contributed by atoms with Crippen molar-refractivity contribution in [2.24, 2.45) is 11.8 Å². The molecule has 0 N–H and O–H groups in total. The summed E-state index contributed by atoms with van der Waals surface area (Å²) in [5.41, 5.74) is 3.92. The number of anilines is 1. The molecule has 3 aromatic carbocycles. The first-order valence-corrected chi connectivity index (χ1v) is 11.1. The highest BCUT2D eigenvalue weighted by Gasteiger charge is 2.68. The van der Waals surface area contributed by atoms with Gasteiger partial charge in [-0.3, -0.25) is 9.59 Å². The van der Waals surface area contributed by atoms with Crippen molar-refractivity contribution >= 4 is 39.7 Å². The molecule has 3 aromatic rings. The van der Waals surface area contributed by atoms with Crippen LogP contribution in [0.1, 0.15) is 33.7 Å². The molecular weight excluding hydrogens is 454 g/mol. The molecule has 3 aliphatic carbocycles. The van der Waals surface area contributed by atoms with Crippen LogP contribution in [-0.2, 0) is 19.8 Å². The smallest absolute Gasteiger partial charge is 0.239 e. The van der Waals surface area contributed by atoms with Crippen molar-refractivity contribution in [3.63, 3.8) is 0 Å². The molecule has 2 amide bonds. The number of hydrogen-bond acceptors (Lipinski definition) is 3. The van der Waals surface area contributed by atoms with Crippen molar-refractivity contribution in [3.05, 3.63) is 99.0 Å². The van der Waals surface area contributed by atoms with Gasteiger partial charge in [-0.05, 0) is 52.9 Å². The molecule has 0 unspecified atom stereocenters. The molecule has 31 heavy (non-hydrogen) atoms. The van der Waals surface area contributed by atoms with E-state index in [-0.39, 0.29) is 17.7 Å². The van der Waals surface area contributed by atoms with Gasteiger partial charge in [-0.1, -0.05) is 64.5 Å². The van der Waals surface area contributed by atoms with Gasteiger partial charge >= 0.3 is 0 Å². The van der Waals surface area contributed by atoms with Crippen molar-refractivity contribution in [2.75, 3.05) is 4.90 Å². The van der Waals surface area contributed by atoms with E-state index in [1.807, 2.05) is 67.6 Å². The van der Waals surface area contributed by atoms with Crippen LogP contribution in [-0.4, -0.2) is 18.1 Å². The molecule has 0 aromatic heterocycles. The standard InChI is InChI=1S/C26H18BrNO3/c1-14-12-15(27)10-11-20(14)28-24(30)22-21-16-6-2-4-8-18(16)26(13-29,23(22)25(28)31)19-9-5-3-7-17(19)21/h2-13,21-23H,1H3/t21?,22-,23-,26?/m0/s1. The molecule has 1 saturated heterocycles. The minimum Gasteiger partial charge on any atom is -0.302 e. The Kier molecular flexibility index (Phi) is 3.76. The fourth-order valence-electron chi connectivity index (χ4n) is 6.14. The van der Waals surface area contributed by atoms with Crippen molar-refractivity contribution in [3.8, 4) is 0 Å². The minimum atomic E-state index is -1.16. The van der Waals surface area contributed by atoms with Crippen LogP contribution >= 0.6 is 15.9 Å². The summed E-state index contributed by atoms with van der Waals surface area (Å²) in [6.45, 7) is 1.89. The molecule has 1 fully saturated rings. The third-order valence-electron chi connectivity index (χ3n) is 7.27. The molecule has 4 aliphatic rings. The Morgan fingerprint density at radius 2 is 1.52 bits per heavy atom. The van der Waals surface area contributed by atoms with E-state index in [9.17, 15) is 14.4 Å². The first kappa shape index (κ1) is 18.7. The number of carbonyl (C=O) groups excluding carboxylic acids is 3. The normalized spacial score (nSPS) is 27.7. The van der Waals surface area contributed by atoms with Crippen LogP contribution in [0.25, 0.3) is 0 Å². The van der Waals surface area contributed by atoms with Crippen molar-refractivity contribution in [1.82, 2.24) is 0 Å². The molecule has 7 rings (SSSR count). The Morgan fingerprint density at radius 3 is 2.10 bits per heavy atom. The first-order chi connectivity index (χ1) is 15.0. The second kappa shape index (κ2) is 6.24. The lowest BCUT2D eigenvalue weighted by Gasteiger charge is -2.51. The van der Waals surface area contributed by atoms with Crippen LogP contribution < -0.4 is 4.90 Å². The summed E-state index contributed by atoms with van der Waals surface area (Å²) in [5, 5.41) is 0. The Balaban J connectivity index is 1.65. The van der Waals surface area contributed by atoms with Gasteiger partial charge in [0.2, 0.25) is 11.8 Å². The van der Waals surface area contributed by atoms with Gasteiger partial charge in [-0.15, -0.1) is 0 Å². The van der Waals surface area contributed by atoms with Gasteiger partial charge in [0.25, 0.3) is 0 Å². The second-order valence-electron chi connectivity index (χ2n) is 8.59. The van der Waals surface area contributed by atoms with Crippen molar-refractivity contribution in [1.29, 1.82) is 0 Å². The largest absolute Gasteiger partial charge is 0.302 e. The third-order valence-corrected chi connectivity index (χ3v) is 7.76. The molecule has 4 nitrogen and oxygen atoms in total. The molecule has 152 valence electrons. The number of amides is 2. The van der Waals surface area contributed by atoms with Crippen LogP contribution in [0.5, 0.6) is 0 Å². The lowest BCUT2D eigenvalue weighted by molar-refractivity contribution is -0.128. The van der Waals surface area contributed by atoms with Gasteiger partial charge in [0.15, 0.2) is 0 Å². The van der Waals surface area contributed by atoms with Gasteiger partial charge < -0.3 is 4.79 Å². The SMILES string of the molecule is Cc1cc(Br)ccc1N1C(=O)[C@@H]2[C@@H](C1=O)C1c3ccccc3C2(C=O)c2ccccc21. The number of benzene rings is 3. The number of nitrogens with zero attached hydrogens (tertiary/aromatic N) is 1.